The minimum Gasteiger partial charge on any atom is -0.391 e. The van der Waals surface area contributed by atoms with E-state index in [2.05, 4.69) is 43.0 Å². The lowest BCUT2D eigenvalue weighted by molar-refractivity contribution is -0.0314. The first-order chi connectivity index (χ1) is 9.58. The summed E-state index contributed by atoms with van der Waals surface area (Å²) in [7, 11) is 4.20. The maximum Gasteiger partial charge on any atom is 0.0778 e. The van der Waals surface area contributed by atoms with Gasteiger partial charge in [-0.3, -0.25) is 4.98 Å². The van der Waals surface area contributed by atoms with Crippen LogP contribution in [0.4, 0.5) is 0 Å². The second-order valence-electron chi connectivity index (χ2n) is 6.29. The number of rotatable bonds is 5. The number of hydrogen-bond acceptors (Lipinski definition) is 3. The van der Waals surface area contributed by atoms with Crippen molar-refractivity contribution in [3.05, 3.63) is 29.6 Å². The molecule has 20 heavy (non-hydrogen) atoms. The first kappa shape index (κ1) is 15.5. The molecule has 1 N–H and O–H groups in total. The molecule has 0 bridgehead atoms. The summed E-state index contributed by atoms with van der Waals surface area (Å²) in [5.41, 5.74) is 2.19. The Hall–Kier alpha value is -0.930. The monoisotopic (exact) mass is 276 g/mol. The molecule has 1 aromatic heterocycles. The van der Waals surface area contributed by atoms with Crippen molar-refractivity contribution in [3.8, 4) is 0 Å². The first-order valence-electron chi connectivity index (χ1n) is 7.88. The molecule has 3 heteroatoms. The van der Waals surface area contributed by atoms with Crippen LogP contribution in [-0.4, -0.2) is 40.7 Å². The Kier molecular flexibility index (Phi) is 5.17. The van der Waals surface area contributed by atoms with Gasteiger partial charge in [0.1, 0.15) is 0 Å². The lowest BCUT2D eigenvalue weighted by Crippen LogP contribution is -2.55. The quantitative estimate of drug-likeness (QED) is 0.898. The molecule has 0 aromatic carbocycles. The molecule has 1 saturated carbocycles. The van der Waals surface area contributed by atoms with Gasteiger partial charge in [0.2, 0.25) is 0 Å². The zero-order chi connectivity index (χ0) is 14.6. The number of pyridine rings is 1. The molecule has 0 spiro atoms. The predicted octanol–water partition coefficient (Wildman–Crippen LogP) is 2.81. The van der Waals surface area contributed by atoms with Crippen LogP contribution in [0.25, 0.3) is 0 Å². The number of hydrogen-bond donors (Lipinski definition) is 1. The van der Waals surface area contributed by atoms with Crippen LogP contribution in [0.2, 0.25) is 0 Å². The maximum absolute atomic E-state index is 10.8. The van der Waals surface area contributed by atoms with Crippen molar-refractivity contribution in [3.63, 3.8) is 0 Å². The molecular formula is C17H28N2O. The van der Waals surface area contributed by atoms with Crippen molar-refractivity contribution in [1.29, 1.82) is 0 Å². The van der Waals surface area contributed by atoms with Crippen LogP contribution in [0.5, 0.6) is 0 Å². The van der Waals surface area contributed by atoms with Gasteiger partial charge in [-0.05, 0) is 45.0 Å². The molecule has 1 aromatic rings. The fourth-order valence-electron chi connectivity index (χ4n) is 3.42. The zero-order valence-corrected chi connectivity index (χ0v) is 13.1. The van der Waals surface area contributed by atoms with E-state index in [1.807, 2.05) is 6.20 Å². The minimum atomic E-state index is -0.335. The third kappa shape index (κ3) is 3.21. The highest BCUT2D eigenvalue weighted by Crippen LogP contribution is 2.36. The molecule has 2 rings (SSSR count). The summed E-state index contributed by atoms with van der Waals surface area (Å²) in [6, 6.07) is 4.19. The Balaban J connectivity index is 2.09. The van der Waals surface area contributed by atoms with Crippen LogP contribution in [0.15, 0.2) is 18.3 Å². The van der Waals surface area contributed by atoms with Crippen molar-refractivity contribution in [2.75, 3.05) is 14.1 Å². The highest BCUT2D eigenvalue weighted by Gasteiger charge is 2.40. The molecule has 0 aliphatic heterocycles. The first-order valence-corrected chi connectivity index (χ1v) is 7.88. The molecule has 0 amide bonds. The van der Waals surface area contributed by atoms with E-state index in [0.717, 1.165) is 25.0 Å². The van der Waals surface area contributed by atoms with Gasteiger partial charge in [0.05, 0.1) is 6.10 Å². The molecule has 112 valence electrons. The van der Waals surface area contributed by atoms with Gasteiger partial charge >= 0.3 is 0 Å². The fraction of sp³-hybridized carbons (Fsp3) is 0.706. The lowest BCUT2D eigenvalue weighted by atomic mass is 9.75. The van der Waals surface area contributed by atoms with Crippen molar-refractivity contribution in [1.82, 2.24) is 9.88 Å². The van der Waals surface area contributed by atoms with E-state index < -0.39 is 0 Å². The second kappa shape index (κ2) is 6.68. The topological polar surface area (TPSA) is 36.4 Å². The molecule has 0 saturated heterocycles. The van der Waals surface area contributed by atoms with Crippen LogP contribution in [0.1, 0.15) is 50.3 Å². The van der Waals surface area contributed by atoms with Crippen LogP contribution in [0.3, 0.4) is 0 Å². The molecule has 3 nitrogen and oxygen atoms in total. The fourth-order valence-corrected chi connectivity index (χ4v) is 3.42. The van der Waals surface area contributed by atoms with Gasteiger partial charge in [0.15, 0.2) is 0 Å². The minimum absolute atomic E-state index is 0.0661. The van der Waals surface area contributed by atoms with Crippen LogP contribution < -0.4 is 0 Å². The molecule has 0 radical (unpaired) electrons. The van der Waals surface area contributed by atoms with E-state index in [1.165, 1.54) is 24.8 Å². The van der Waals surface area contributed by atoms with Gasteiger partial charge in [0.25, 0.3) is 0 Å². The predicted molar refractivity (Wildman–Crippen MR) is 82.8 cm³/mol. The SMILES string of the molecule is CCc1ccc(CC(O)C2(N(C)C)CCCCC2)nc1. The largest absolute Gasteiger partial charge is 0.391 e. The summed E-state index contributed by atoms with van der Waals surface area (Å²) in [5, 5.41) is 10.8. The van der Waals surface area contributed by atoms with Crippen LogP contribution in [-0.2, 0) is 12.8 Å². The summed E-state index contributed by atoms with van der Waals surface area (Å²) in [6.45, 7) is 2.13. The number of likely N-dealkylation sites (N-methyl/N-ethyl adjacent to an activating group) is 1. The van der Waals surface area contributed by atoms with E-state index in [0.29, 0.717) is 6.42 Å². The molecule has 1 fully saturated rings. The van der Waals surface area contributed by atoms with Crippen LogP contribution in [0, 0.1) is 0 Å². The Morgan fingerprint density at radius 1 is 1.25 bits per heavy atom. The van der Waals surface area contributed by atoms with Crippen molar-refractivity contribution >= 4 is 0 Å². The van der Waals surface area contributed by atoms with E-state index in [9.17, 15) is 5.11 Å². The zero-order valence-electron chi connectivity index (χ0n) is 13.1. The van der Waals surface area contributed by atoms with Crippen molar-refractivity contribution < 1.29 is 5.11 Å². The normalized spacial score (nSPS) is 20.1. The molecule has 1 atom stereocenters. The number of aliphatic hydroxyl groups is 1. The summed E-state index contributed by atoms with van der Waals surface area (Å²) in [6.07, 6.45) is 9.19. The van der Waals surface area contributed by atoms with E-state index in [4.69, 9.17) is 0 Å². The molecular weight excluding hydrogens is 248 g/mol. The maximum atomic E-state index is 10.8. The Morgan fingerprint density at radius 3 is 2.45 bits per heavy atom. The summed E-state index contributed by atoms with van der Waals surface area (Å²) >= 11 is 0. The standard InChI is InChI=1S/C17H28N2O/c1-4-14-8-9-15(18-13-14)12-16(20)17(19(2)3)10-6-5-7-11-17/h8-9,13,16,20H,4-7,10-12H2,1-3H3. The average molecular weight is 276 g/mol. The molecule has 1 aliphatic rings. The number of aryl methyl sites for hydroxylation is 1. The highest BCUT2D eigenvalue weighted by molar-refractivity contribution is 5.15. The number of aromatic nitrogens is 1. The van der Waals surface area contributed by atoms with Gasteiger partial charge in [-0.2, -0.15) is 0 Å². The van der Waals surface area contributed by atoms with E-state index >= 15 is 0 Å². The van der Waals surface area contributed by atoms with Crippen molar-refractivity contribution in [2.24, 2.45) is 0 Å². The Morgan fingerprint density at radius 2 is 1.95 bits per heavy atom. The van der Waals surface area contributed by atoms with Gasteiger partial charge < -0.3 is 10.0 Å². The van der Waals surface area contributed by atoms with Crippen molar-refractivity contribution in [2.45, 2.75) is 63.5 Å². The summed E-state index contributed by atoms with van der Waals surface area (Å²) < 4.78 is 0. The Bertz CT molecular complexity index is 408. The van der Waals surface area contributed by atoms with Gasteiger partial charge in [0, 0.05) is 23.9 Å². The van der Waals surface area contributed by atoms with E-state index in [1.54, 1.807) is 0 Å². The average Bonchev–Trinajstić information content (AvgIpc) is 2.48. The highest BCUT2D eigenvalue weighted by atomic mass is 16.3. The van der Waals surface area contributed by atoms with Gasteiger partial charge in [-0.25, -0.2) is 0 Å². The lowest BCUT2D eigenvalue weighted by Gasteiger charge is -2.46. The second-order valence-corrected chi connectivity index (χ2v) is 6.29. The molecule has 1 aliphatic carbocycles. The van der Waals surface area contributed by atoms with Gasteiger partial charge in [-0.15, -0.1) is 0 Å². The number of aliphatic hydroxyl groups excluding tert-OH is 1. The summed E-state index contributed by atoms with van der Waals surface area (Å²) in [4.78, 5) is 6.73. The Labute approximate surface area is 123 Å². The molecule has 1 unspecified atom stereocenters. The van der Waals surface area contributed by atoms with Crippen LogP contribution >= 0.6 is 0 Å². The summed E-state index contributed by atoms with van der Waals surface area (Å²) in [5.74, 6) is 0. The van der Waals surface area contributed by atoms with Gasteiger partial charge in [-0.1, -0.05) is 32.3 Å². The smallest absolute Gasteiger partial charge is 0.0778 e. The third-order valence-corrected chi connectivity index (χ3v) is 4.93. The third-order valence-electron chi connectivity index (χ3n) is 4.93. The number of nitrogens with zero attached hydrogens (tertiary/aromatic N) is 2. The molecule has 1 heterocycles. The van der Waals surface area contributed by atoms with E-state index in [-0.39, 0.29) is 11.6 Å².